The average Bonchev–Trinajstić information content (AvgIpc) is 3.61. The number of carbonyl (C=O) groups is 1. The zero-order valence-corrected chi connectivity index (χ0v) is 18.9. The van der Waals surface area contributed by atoms with Gasteiger partial charge in [0.15, 0.2) is 0 Å². The fourth-order valence-corrected chi connectivity index (χ4v) is 3.91. The molecule has 5 rings (SSSR count). The van der Waals surface area contributed by atoms with Gasteiger partial charge in [-0.3, -0.25) is 9.88 Å². The van der Waals surface area contributed by atoms with E-state index in [9.17, 15) is 18.0 Å². The van der Waals surface area contributed by atoms with E-state index in [2.05, 4.69) is 14.9 Å². The molecule has 1 saturated heterocycles. The molecule has 35 heavy (non-hydrogen) atoms. The second-order valence-corrected chi connectivity index (χ2v) is 8.64. The number of likely N-dealkylation sites (tertiary alicyclic amines) is 1. The molecule has 0 atom stereocenters. The largest absolute Gasteiger partial charge is 0.486 e. The van der Waals surface area contributed by atoms with Crippen molar-refractivity contribution in [1.82, 2.24) is 9.88 Å². The maximum atomic E-state index is 12.7. The molecule has 2 aromatic carbocycles. The number of esters is 1. The monoisotopic (exact) mass is 481 g/mol. The minimum Gasteiger partial charge on any atom is -0.486 e. The van der Waals surface area contributed by atoms with Crippen molar-refractivity contribution in [2.75, 3.05) is 19.6 Å². The minimum atomic E-state index is -4.32. The number of aromatic nitrogens is 1. The maximum absolute atomic E-state index is 12.7. The first kappa shape index (κ1) is 23.0. The van der Waals surface area contributed by atoms with Crippen LogP contribution in [0.2, 0.25) is 0 Å². The second kappa shape index (κ2) is 9.14. The van der Waals surface area contributed by atoms with Crippen LogP contribution in [-0.4, -0.2) is 47.5 Å². The number of aryl methyl sites for hydroxylation is 1. The Kier molecular flexibility index (Phi) is 6.02. The summed E-state index contributed by atoms with van der Waals surface area (Å²) >= 11 is 0. The molecule has 6 nitrogen and oxygen atoms in total. The number of rotatable bonds is 6. The number of carbonyl (C=O) groups excluding carboxylic acids is 1. The highest BCUT2D eigenvalue weighted by atomic mass is 19.4. The molecule has 180 valence electrons. The molecule has 0 N–H and O–H groups in total. The van der Waals surface area contributed by atoms with Crippen LogP contribution in [0.15, 0.2) is 65.8 Å². The molecule has 0 saturated carbocycles. The number of hydrogen-bond acceptors (Lipinski definition) is 6. The molecule has 1 fully saturated rings. The van der Waals surface area contributed by atoms with Gasteiger partial charge in [0, 0.05) is 25.2 Å². The van der Waals surface area contributed by atoms with Crippen LogP contribution in [0.25, 0.3) is 11.3 Å². The summed E-state index contributed by atoms with van der Waals surface area (Å²) in [5.74, 6) is 0.704. The van der Waals surface area contributed by atoms with Crippen molar-refractivity contribution in [3.63, 3.8) is 0 Å². The lowest BCUT2D eigenvalue weighted by Crippen LogP contribution is -2.53. The molecule has 0 radical (unpaired) electrons. The summed E-state index contributed by atoms with van der Waals surface area (Å²) in [6, 6.07) is 14.4. The summed E-state index contributed by atoms with van der Waals surface area (Å²) in [5, 5.41) is 0. The van der Waals surface area contributed by atoms with Crippen molar-refractivity contribution in [1.29, 1.82) is 0 Å². The van der Waals surface area contributed by atoms with E-state index in [-0.39, 0.29) is 6.10 Å². The number of hydrogen-bond donors (Lipinski definition) is 0. The zero-order valence-electron chi connectivity index (χ0n) is 18.9. The van der Waals surface area contributed by atoms with Crippen molar-refractivity contribution in [2.45, 2.75) is 25.7 Å². The molecule has 3 heterocycles. The standard InChI is InChI=1S/C26H22F3N3O3/c1-16-10-18(4-8-22(16)25(33)35-24-12-31-24)23-9-7-20(11-30-23)34-21-14-32(15-21)13-17-2-5-19(6-3-17)26(27,28)29/h2-11,21H,12-15H2,1H3. The van der Waals surface area contributed by atoms with E-state index in [0.29, 0.717) is 43.4 Å². The molecular formula is C26H22F3N3O3. The van der Waals surface area contributed by atoms with E-state index >= 15 is 0 Å². The predicted molar refractivity (Wildman–Crippen MR) is 123 cm³/mol. The molecule has 0 aliphatic carbocycles. The molecule has 9 heteroatoms. The van der Waals surface area contributed by atoms with Crippen LogP contribution in [0, 0.1) is 6.92 Å². The van der Waals surface area contributed by atoms with Gasteiger partial charge in [0.05, 0.1) is 23.0 Å². The first-order valence-corrected chi connectivity index (χ1v) is 11.1. The minimum absolute atomic E-state index is 0.000658. The topological polar surface area (TPSA) is 64.0 Å². The molecule has 0 bridgehead atoms. The van der Waals surface area contributed by atoms with E-state index in [1.54, 1.807) is 12.3 Å². The number of benzene rings is 2. The fraction of sp³-hybridized carbons (Fsp3) is 0.269. The summed E-state index contributed by atoms with van der Waals surface area (Å²) in [4.78, 5) is 22.6. The van der Waals surface area contributed by atoms with Crippen LogP contribution >= 0.6 is 0 Å². The molecule has 0 unspecified atom stereocenters. The molecule has 2 aliphatic rings. The fourth-order valence-electron chi connectivity index (χ4n) is 3.91. The Morgan fingerprint density at radius 2 is 1.83 bits per heavy atom. The maximum Gasteiger partial charge on any atom is 0.416 e. The van der Waals surface area contributed by atoms with Crippen molar-refractivity contribution in [2.24, 2.45) is 4.99 Å². The zero-order chi connectivity index (χ0) is 24.6. The van der Waals surface area contributed by atoms with Gasteiger partial charge in [-0.25, -0.2) is 9.79 Å². The lowest BCUT2D eigenvalue weighted by molar-refractivity contribution is -0.137. The van der Waals surface area contributed by atoms with Gasteiger partial charge in [-0.2, -0.15) is 13.2 Å². The van der Waals surface area contributed by atoms with Crippen LogP contribution in [0.4, 0.5) is 13.2 Å². The highest BCUT2D eigenvalue weighted by Gasteiger charge is 2.31. The number of pyridine rings is 1. The third-order valence-electron chi connectivity index (χ3n) is 5.89. The number of nitrogens with zero attached hydrogens (tertiary/aromatic N) is 3. The molecule has 3 aromatic rings. The van der Waals surface area contributed by atoms with E-state index in [1.165, 1.54) is 12.1 Å². The van der Waals surface area contributed by atoms with Gasteiger partial charge in [0.1, 0.15) is 18.4 Å². The van der Waals surface area contributed by atoms with E-state index in [1.807, 2.05) is 31.2 Å². The normalized spacial score (nSPS) is 15.8. The quantitative estimate of drug-likeness (QED) is 0.469. The second-order valence-electron chi connectivity index (χ2n) is 8.64. The van der Waals surface area contributed by atoms with Gasteiger partial charge in [-0.05, 0) is 54.4 Å². The van der Waals surface area contributed by atoms with Crippen LogP contribution in [-0.2, 0) is 17.5 Å². The SMILES string of the molecule is Cc1cc(-c2ccc(OC3CN(Cc4ccc(C(F)(F)F)cc4)C3)cn2)ccc1C(=O)OC1=NC1. The number of ether oxygens (including phenoxy) is 2. The summed E-state index contributed by atoms with van der Waals surface area (Å²) in [7, 11) is 0. The highest BCUT2D eigenvalue weighted by molar-refractivity contribution is 6.03. The molecule has 0 amide bonds. The van der Waals surface area contributed by atoms with Crippen LogP contribution in [0.5, 0.6) is 5.75 Å². The number of alkyl halides is 3. The van der Waals surface area contributed by atoms with Gasteiger partial charge < -0.3 is 9.47 Å². The Hall–Kier alpha value is -3.72. The van der Waals surface area contributed by atoms with E-state index in [4.69, 9.17) is 9.47 Å². The first-order chi connectivity index (χ1) is 16.7. The van der Waals surface area contributed by atoms with Crippen LogP contribution in [0.1, 0.15) is 27.0 Å². The van der Waals surface area contributed by atoms with Gasteiger partial charge in [-0.1, -0.05) is 18.2 Å². The summed E-state index contributed by atoms with van der Waals surface area (Å²) in [5.41, 5.74) is 3.11. The van der Waals surface area contributed by atoms with Crippen molar-refractivity contribution >= 4 is 11.9 Å². The van der Waals surface area contributed by atoms with Gasteiger partial charge in [0.25, 0.3) is 0 Å². The highest BCUT2D eigenvalue weighted by Crippen LogP contribution is 2.30. The molecular weight excluding hydrogens is 459 g/mol. The van der Waals surface area contributed by atoms with Crippen LogP contribution < -0.4 is 4.74 Å². The van der Waals surface area contributed by atoms with Crippen molar-refractivity contribution in [3.05, 3.63) is 83.0 Å². The Morgan fingerprint density at radius 1 is 1.09 bits per heavy atom. The summed E-state index contributed by atoms with van der Waals surface area (Å²) in [6.45, 7) is 4.28. The third-order valence-corrected chi connectivity index (χ3v) is 5.89. The summed E-state index contributed by atoms with van der Waals surface area (Å²) in [6.07, 6.45) is -2.66. The average molecular weight is 481 g/mol. The lowest BCUT2D eigenvalue weighted by atomic mass is 10.0. The van der Waals surface area contributed by atoms with Gasteiger partial charge in [-0.15, -0.1) is 0 Å². The van der Waals surface area contributed by atoms with E-state index in [0.717, 1.165) is 34.5 Å². The lowest BCUT2D eigenvalue weighted by Gasteiger charge is -2.39. The number of halogens is 3. The molecule has 0 spiro atoms. The van der Waals surface area contributed by atoms with Crippen molar-refractivity contribution in [3.8, 4) is 17.0 Å². The van der Waals surface area contributed by atoms with E-state index < -0.39 is 17.7 Å². The van der Waals surface area contributed by atoms with Crippen LogP contribution in [0.3, 0.4) is 0 Å². The first-order valence-electron chi connectivity index (χ1n) is 11.1. The Labute approximate surface area is 200 Å². The summed E-state index contributed by atoms with van der Waals surface area (Å²) < 4.78 is 49.2. The van der Waals surface area contributed by atoms with Gasteiger partial charge in [0.2, 0.25) is 5.90 Å². The molecule has 2 aliphatic heterocycles. The Morgan fingerprint density at radius 3 is 2.43 bits per heavy atom. The third kappa shape index (κ3) is 5.51. The van der Waals surface area contributed by atoms with Gasteiger partial charge >= 0.3 is 12.1 Å². The number of aliphatic imine (C=N–C) groups is 1. The predicted octanol–water partition coefficient (Wildman–Crippen LogP) is 4.91. The Bertz CT molecular complexity index is 1270. The van der Waals surface area contributed by atoms with Crippen molar-refractivity contribution < 1.29 is 27.4 Å². The Balaban J connectivity index is 1.12. The smallest absolute Gasteiger partial charge is 0.416 e. The molecule has 1 aromatic heterocycles.